The predicted molar refractivity (Wildman–Crippen MR) is 75.9 cm³/mol. The lowest BCUT2D eigenvalue weighted by Gasteiger charge is -2.29. The third kappa shape index (κ3) is 3.73. The number of benzene rings is 1. The molecule has 0 spiro atoms. The fourth-order valence-corrected chi connectivity index (χ4v) is 2.73. The highest BCUT2D eigenvalue weighted by molar-refractivity contribution is 7.98. The van der Waals surface area contributed by atoms with E-state index in [0.29, 0.717) is 5.92 Å². The van der Waals surface area contributed by atoms with Crippen molar-refractivity contribution < 1.29 is 0 Å². The molecule has 1 aliphatic heterocycles. The van der Waals surface area contributed by atoms with Crippen LogP contribution in [0.15, 0.2) is 29.2 Å². The minimum Gasteiger partial charge on any atom is -0.314 e. The molecule has 1 N–H and O–H groups in total. The van der Waals surface area contributed by atoms with E-state index >= 15 is 0 Å². The van der Waals surface area contributed by atoms with Crippen molar-refractivity contribution in [2.24, 2.45) is 0 Å². The third-order valence-corrected chi connectivity index (χ3v) is 4.17. The largest absolute Gasteiger partial charge is 0.314 e. The standard InChI is InChI=1S/C14H22N2S/c1-12(11-16-9-7-15-8-10-16)13-3-5-14(17-2)6-4-13/h3-6,12,15H,7-11H2,1-2H3. The number of rotatable bonds is 4. The van der Waals surface area contributed by atoms with Gasteiger partial charge >= 0.3 is 0 Å². The van der Waals surface area contributed by atoms with Gasteiger partial charge in [0.2, 0.25) is 0 Å². The van der Waals surface area contributed by atoms with Crippen LogP contribution in [0.1, 0.15) is 18.4 Å². The van der Waals surface area contributed by atoms with E-state index in [2.05, 4.69) is 47.7 Å². The lowest BCUT2D eigenvalue weighted by atomic mass is 10.0. The molecule has 1 atom stereocenters. The number of piperazine rings is 1. The molecule has 1 heterocycles. The summed E-state index contributed by atoms with van der Waals surface area (Å²) in [5.41, 5.74) is 1.46. The van der Waals surface area contributed by atoms with Crippen molar-refractivity contribution in [3.8, 4) is 0 Å². The van der Waals surface area contributed by atoms with Gasteiger partial charge in [0.25, 0.3) is 0 Å². The predicted octanol–water partition coefficient (Wildman–Crippen LogP) is 2.42. The maximum absolute atomic E-state index is 3.40. The van der Waals surface area contributed by atoms with E-state index < -0.39 is 0 Å². The number of hydrogen-bond donors (Lipinski definition) is 1. The van der Waals surface area contributed by atoms with Gasteiger partial charge in [-0.1, -0.05) is 19.1 Å². The van der Waals surface area contributed by atoms with E-state index in [-0.39, 0.29) is 0 Å². The Kier molecular flexibility index (Phi) is 4.89. The molecule has 3 heteroatoms. The highest BCUT2D eigenvalue weighted by Gasteiger charge is 2.14. The molecule has 0 bridgehead atoms. The van der Waals surface area contributed by atoms with Crippen LogP contribution in [0.4, 0.5) is 0 Å². The first-order valence-corrected chi connectivity index (χ1v) is 7.59. The van der Waals surface area contributed by atoms with Gasteiger partial charge in [-0.25, -0.2) is 0 Å². The van der Waals surface area contributed by atoms with Gasteiger partial charge < -0.3 is 10.2 Å². The summed E-state index contributed by atoms with van der Waals surface area (Å²) in [6, 6.07) is 9.01. The highest BCUT2D eigenvalue weighted by atomic mass is 32.2. The summed E-state index contributed by atoms with van der Waals surface area (Å²) in [6.07, 6.45) is 2.12. The minimum atomic E-state index is 0.629. The Hall–Kier alpha value is -0.510. The van der Waals surface area contributed by atoms with E-state index in [1.165, 1.54) is 30.1 Å². The molecule has 1 unspecified atom stereocenters. The van der Waals surface area contributed by atoms with Gasteiger partial charge in [-0.15, -0.1) is 11.8 Å². The lowest BCUT2D eigenvalue weighted by Crippen LogP contribution is -2.44. The second-order valence-corrected chi connectivity index (χ2v) is 5.60. The maximum Gasteiger partial charge on any atom is 0.0108 e. The molecule has 0 aromatic heterocycles. The fourth-order valence-electron chi connectivity index (χ4n) is 2.32. The van der Waals surface area contributed by atoms with Crippen molar-refractivity contribution in [3.05, 3.63) is 29.8 Å². The SMILES string of the molecule is CSc1ccc(C(C)CN2CCNCC2)cc1. The molecule has 1 saturated heterocycles. The summed E-state index contributed by atoms with van der Waals surface area (Å²) >= 11 is 1.81. The number of nitrogens with zero attached hydrogens (tertiary/aromatic N) is 1. The minimum absolute atomic E-state index is 0.629. The Balaban J connectivity index is 1.91. The monoisotopic (exact) mass is 250 g/mol. The first kappa shape index (κ1) is 12.9. The molecule has 1 fully saturated rings. The normalized spacial score (nSPS) is 19.2. The Morgan fingerprint density at radius 1 is 1.24 bits per heavy atom. The van der Waals surface area contributed by atoms with Gasteiger partial charge in [0.1, 0.15) is 0 Å². The quantitative estimate of drug-likeness (QED) is 0.826. The van der Waals surface area contributed by atoms with Gasteiger partial charge in [-0.2, -0.15) is 0 Å². The van der Waals surface area contributed by atoms with Crippen LogP contribution in [0.2, 0.25) is 0 Å². The first-order chi connectivity index (χ1) is 8.29. The summed E-state index contributed by atoms with van der Waals surface area (Å²) in [5.74, 6) is 0.629. The van der Waals surface area contributed by atoms with Crippen LogP contribution in [0, 0.1) is 0 Å². The van der Waals surface area contributed by atoms with E-state index in [0.717, 1.165) is 13.1 Å². The average Bonchev–Trinajstić information content (AvgIpc) is 2.40. The zero-order valence-electron chi connectivity index (χ0n) is 10.8. The van der Waals surface area contributed by atoms with Gasteiger partial charge in [0.05, 0.1) is 0 Å². The molecule has 0 aliphatic carbocycles. The molecule has 0 saturated carbocycles. The van der Waals surface area contributed by atoms with Crippen molar-refractivity contribution in [2.45, 2.75) is 17.7 Å². The molecule has 1 aromatic rings. The lowest BCUT2D eigenvalue weighted by molar-refractivity contribution is 0.230. The van der Waals surface area contributed by atoms with Crippen LogP contribution in [0.25, 0.3) is 0 Å². The van der Waals surface area contributed by atoms with Gasteiger partial charge in [-0.3, -0.25) is 0 Å². The molecule has 0 amide bonds. The summed E-state index contributed by atoms with van der Waals surface area (Å²) in [6.45, 7) is 8.16. The van der Waals surface area contributed by atoms with Crippen LogP contribution in [0.5, 0.6) is 0 Å². The maximum atomic E-state index is 3.40. The smallest absolute Gasteiger partial charge is 0.0108 e. The highest BCUT2D eigenvalue weighted by Crippen LogP contribution is 2.21. The van der Waals surface area contributed by atoms with E-state index in [1.54, 1.807) is 11.8 Å². The topological polar surface area (TPSA) is 15.3 Å². The van der Waals surface area contributed by atoms with Crippen molar-refractivity contribution in [1.82, 2.24) is 10.2 Å². The second-order valence-electron chi connectivity index (χ2n) is 4.72. The van der Waals surface area contributed by atoms with E-state index in [4.69, 9.17) is 0 Å². The second kappa shape index (κ2) is 6.43. The van der Waals surface area contributed by atoms with Crippen molar-refractivity contribution >= 4 is 11.8 Å². The summed E-state index contributed by atoms with van der Waals surface area (Å²) in [4.78, 5) is 3.91. The molecule has 0 radical (unpaired) electrons. The van der Waals surface area contributed by atoms with Crippen LogP contribution >= 0.6 is 11.8 Å². The number of hydrogen-bond acceptors (Lipinski definition) is 3. The molecule has 1 aromatic carbocycles. The summed E-state index contributed by atoms with van der Waals surface area (Å²) < 4.78 is 0. The average molecular weight is 250 g/mol. The van der Waals surface area contributed by atoms with Crippen LogP contribution in [-0.2, 0) is 0 Å². The van der Waals surface area contributed by atoms with E-state index in [1.807, 2.05) is 0 Å². The molecular formula is C14H22N2S. The molecule has 1 aliphatic rings. The van der Waals surface area contributed by atoms with Gasteiger partial charge in [-0.05, 0) is 29.9 Å². The van der Waals surface area contributed by atoms with Crippen molar-refractivity contribution in [2.75, 3.05) is 39.0 Å². The molecule has 17 heavy (non-hydrogen) atoms. The van der Waals surface area contributed by atoms with Crippen LogP contribution < -0.4 is 5.32 Å². The van der Waals surface area contributed by atoms with Gasteiger partial charge in [0.15, 0.2) is 0 Å². The molecular weight excluding hydrogens is 228 g/mol. The molecule has 2 nitrogen and oxygen atoms in total. The summed E-state index contributed by atoms with van der Waals surface area (Å²) in [5, 5.41) is 3.40. The first-order valence-electron chi connectivity index (χ1n) is 6.36. The Morgan fingerprint density at radius 3 is 2.47 bits per heavy atom. The Morgan fingerprint density at radius 2 is 1.88 bits per heavy atom. The van der Waals surface area contributed by atoms with Gasteiger partial charge in [0, 0.05) is 37.6 Å². The van der Waals surface area contributed by atoms with Crippen molar-refractivity contribution in [1.29, 1.82) is 0 Å². The van der Waals surface area contributed by atoms with Crippen LogP contribution in [0.3, 0.4) is 0 Å². The fraction of sp³-hybridized carbons (Fsp3) is 0.571. The van der Waals surface area contributed by atoms with Crippen LogP contribution in [-0.4, -0.2) is 43.9 Å². The van der Waals surface area contributed by atoms with Crippen molar-refractivity contribution in [3.63, 3.8) is 0 Å². The summed E-state index contributed by atoms with van der Waals surface area (Å²) in [7, 11) is 0. The molecule has 2 rings (SSSR count). The Bertz CT molecular complexity index is 331. The Labute approximate surface area is 109 Å². The zero-order valence-corrected chi connectivity index (χ0v) is 11.6. The number of nitrogens with one attached hydrogen (secondary N) is 1. The number of thioether (sulfide) groups is 1. The third-order valence-electron chi connectivity index (χ3n) is 3.43. The molecule has 94 valence electrons. The van der Waals surface area contributed by atoms with E-state index in [9.17, 15) is 0 Å². The zero-order chi connectivity index (χ0) is 12.1.